The zero-order valence-corrected chi connectivity index (χ0v) is 14.7. The minimum absolute atomic E-state index is 0.0183. The van der Waals surface area contributed by atoms with Gasteiger partial charge >= 0.3 is 23.0 Å². The fraction of sp³-hybridized carbons (Fsp3) is 0.333. The SMILES string of the molecule is O=[N+]([O-])C1C=CC(Nc2ccccc2)([N+](=O)[O-])C([N+](=O)[O-])([N+](=O)[O-])C1([N+](=O)[O-])[N+](=O)[O-]. The first-order valence-electron chi connectivity index (χ1n) is 7.72. The Bertz CT molecular complexity index is 998. The fourth-order valence-electron chi connectivity index (χ4n) is 3.44. The lowest BCUT2D eigenvalue weighted by Gasteiger charge is -2.34. The lowest BCUT2D eigenvalue weighted by Crippen LogP contribution is -2.88. The lowest BCUT2D eigenvalue weighted by atomic mass is 9.72. The third-order valence-corrected chi connectivity index (χ3v) is 4.69. The Labute approximate surface area is 167 Å². The molecule has 164 valence electrons. The Balaban J connectivity index is 3.18. The van der Waals surface area contributed by atoms with E-state index in [2.05, 4.69) is 0 Å². The van der Waals surface area contributed by atoms with Crippen LogP contribution in [0.25, 0.3) is 0 Å². The Morgan fingerprint density at radius 3 is 1.55 bits per heavy atom. The maximum atomic E-state index is 12.0. The molecule has 0 bridgehead atoms. The summed E-state index contributed by atoms with van der Waals surface area (Å²) in [6.07, 6.45) is -0.0418. The van der Waals surface area contributed by atoms with Crippen molar-refractivity contribution in [2.75, 3.05) is 5.32 Å². The summed E-state index contributed by atoms with van der Waals surface area (Å²) in [5.74, 6) is 0. The molecule has 2 atom stereocenters. The quantitative estimate of drug-likeness (QED) is 0.236. The Morgan fingerprint density at radius 2 is 1.19 bits per heavy atom. The lowest BCUT2D eigenvalue weighted by molar-refractivity contribution is -0.974. The van der Waals surface area contributed by atoms with E-state index in [0.717, 1.165) is 12.1 Å². The minimum atomic E-state index is -5.02. The third-order valence-electron chi connectivity index (χ3n) is 4.69. The predicted octanol–water partition coefficient (Wildman–Crippen LogP) is -0.214. The van der Waals surface area contributed by atoms with Gasteiger partial charge in [0.15, 0.2) is 0 Å². The molecule has 31 heavy (non-hydrogen) atoms. The van der Waals surface area contributed by atoms with E-state index in [1.54, 1.807) is 5.32 Å². The van der Waals surface area contributed by atoms with Gasteiger partial charge in [-0.3, -0.25) is 60.7 Å². The Kier molecular flexibility index (Phi) is 5.21. The van der Waals surface area contributed by atoms with Gasteiger partial charge in [-0.05, 0) is 12.1 Å². The molecular formula is C12H9N7O12. The molecule has 1 aliphatic carbocycles. The van der Waals surface area contributed by atoms with Crippen LogP contribution in [-0.2, 0) is 0 Å². The number of benzene rings is 1. The van der Waals surface area contributed by atoms with Crippen LogP contribution in [0.3, 0.4) is 0 Å². The summed E-state index contributed by atoms with van der Waals surface area (Å²) in [7, 11) is 0. The van der Waals surface area contributed by atoms with Crippen LogP contribution in [0.5, 0.6) is 0 Å². The molecule has 0 radical (unpaired) electrons. The summed E-state index contributed by atoms with van der Waals surface area (Å²) in [6, 6.07) is 2.54. The molecule has 0 heterocycles. The number of para-hydroxylation sites is 1. The molecule has 0 fully saturated rings. The summed E-state index contributed by atoms with van der Waals surface area (Å²) in [4.78, 5) is 58.5. The van der Waals surface area contributed by atoms with Gasteiger partial charge in [0.25, 0.3) is 0 Å². The highest BCUT2D eigenvalue weighted by Crippen LogP contribution is 2.48. The number of hydrogen-bond donors (Lipinski definition) is 1. The average molecular weight is 443 g/mol. The molecule has 1 N–H and O–H groups in total. The highest BCUT2D eigenvalue weighted by molar-refractivity contribution is 5.48. The molecule has 0 spiro atoms. The van der Waals surface area contributed by atoms with Crippen molar-refractivity contribution in [3.05, 3.63) is 103 Å². The van der Waals surface area contributed by atoms with Crippen molar-refractivity contribution in [3.8, 4) is 0 Å². The van der Waals surface area contributed by atoms with Crippen molar-refractivity contribution in [1.82, 2.24) is 0 Å². The molecule has 0 saturated heterocycles. The number of nitrogens with zero attached hydrogens (tertiary/aromatic N) is 6. The second-order valence-corrected chi connectivity index (χ2v) is 6.03. The van der Waals surface area contributed by atoms with E-state index >= 15 is 0 Å². The normalized spacial score (nSPS) is 23.3. The topological polar surface area (TPSA) is 271 Å². The Morgan fingerprint density at radius 1 is 0.710 bits per heavy atom. The van der Waals surface area contributed by atoms with Crippen LogP contribution >= 0.6 is 0 Å². The van der Waals surface area contributed by atoms with Crippen molar-refractivity contribution in [3.63, 3.8) is 0 Å². The molecule has 19 nitrogen and oxygen atoms in total. The van der Waals surface area contributed by atoms with E-state index in [9.17, 15) is 60.7 Å². The van der Waals surface area contributed by atoms with E-state index in [-0.39, 0.29) is 12.2 Å². The van der Waals surface area contributed by atoms with Gasteiger partial charge in [-0.1, -0.05) is 18.2 Å². The molecule has 19 heteroatoms. The molecule has 0 saturated carbocycles. The van der Waals surface area contributed by atoms with E-state index in [4.69, 9.17) is 0 Å². The minimum Gasteiger partial charge on any atom is -0.304 e. The maximum absolute atomic E-state index is 12.0. The van der Waals surface area contributed by atoms with Crippen molar-refractivity contribution >= 4 is 5.69 Å². The van der Waals surface area contributed by atoms with E-state index < -0.39 is 58.3 Å². The van der Waals surface area contributed by atoms with Crippen LogP contribution in [-0.4, -0.2) is 52.6 Å². The van der Waals surface area contributed by atoms with Crippen LogP contribution in [0.15, 0.2) is 42.5 Å². The van der Waals surface area contributed by atoms with Crippen molar-refractivity contribution in [2.24, 2.45) is 0 Å². The smallest absolute Gasteiger partial charge is 0.304 e. The molecular weight excluding hydrogens is 434 g/mol. The van der Waals surface area contributed by atoms with E-state index in [0.29, 0.717) is 0 Å². The second kappa shape index (κ2) is 7.20. The predicted molar refractivity (Wildman–Crippen MR) is 93.2 cm³/mol. The number of rotatable bonds is 8. The molecule has 1 aliphatic rings. The van der Waals surface area contributed by atoms with Crippen LogP contribution < -0.4 is 5.32 Å². The first-order chi connectivity index (χ1) is 14.3. The summed E-state index contributed by atoms with van der Waals surface area (Å²) >= 11 is 0. The zero-order valence-electron chi connectivity index (χ0n) is 14.7. The molecule has 0 amide bonds. The first-order valence-corrected chi connectivity index (χ1v) is 7.72. The van der Waals surface area contributed by atoms with Crippen LogP contribution in [0, 0.1) is 60.7 Å². The summed E-state index contributed by atoms with van der Waals surface area (Å²) < 4.78 is 0. The summed E-state index contributed by atoms with van der Waals surface area (Å²) in [6.45, 7) is 0. The number of nitrogens with one attached hydrogen (secondary N) is 1. The fourth-order valence-corrected chi connectivity index (χ4v) is 3.44. The maximum Gasteiger partial charge on any atom is 0.695 e. The van der Waals surface area contributed by atoms with Gasteiger partial charge in [0.1, 0.15) is 19.7 Å². The third kappa shape index (κ3) is 2.59. The van der Waals surface area contributed by atoms with Gasteiger partial charge in [0.05, 0.1) is 4.92 Å². The summed E-state index contributed by atoms with van der Waals surface area (Å²) in [5.41, 5.74) is -14.4. The molecule has 2 unspecified atom stereocenters. The Hall–Kier alpha value is -4.84. The van der Waals surface area contributed by atoms with Crippen molar-refractivity contribution in [1.29, 1.82) is 0 Å². The van der Waals surface area contributed by atoms with Gasteiger partial charge in [0, 0.05) is 22.8 Å². The van der Waals surface area contributed by atoms with Gasteiger partial charge in [0.2, 0.25) is 0 Å². The van der Waals surface area contributed by atoms with Gasteiger partial charge in [-0.15, -0.1) is 0 Å². The van der Waals surface area contributed by atoms with Gasteiger partial charge in [-0.2, -0.15) is 0 Å². The molecule has 0 aromatic heterocycles. The zero-order chi connectivity index (χ0) is 23.8. The molecule has 1 aromatic rings. The van der Waals surface area contributed by atoms with Gasteiger partial charge < -0.3 is 5.32 Å². The van der Waals surface area contributed by atoms with Crippen LogP contribution in [0.1, 0.15) is 0 Å². The summed E-state index contributed by atoms with van der Waals surface area (Å²) in [5, 5.41) is 72.6. The van der Waals surface area contributed by atoms with Crippen LogP contribution in [0.2, 0.25) is 0 Å². The molecule has 1 aromatic carbocycles. The highest BCUT2D eigenvalue weighted by Gasteiger charge is 3.10. The van der Waals surface area contributed by atoms with Crippen molar-refractivity contribution in [2.45, 2.75) is 23.0 Å². The highest BCUT2D eigenvalue weighted by atomic mass is 16.7. The molecule has 2 rings (SSSR count). The van der Waals surface area contributed by atoms with Crippen LogP contribution in [0.4, 0.5) is 5.69 Å². The number of hydrogen-bond acceptors (Lipinski definition) is 13. The monoisotopic (exact) mass is 443 g/mol. The second-order valence-electron chi connectivity index (χ2n) is 6.03. The molecule has 0 aliphatic heterocycles. The standard InChI is InChI=1S/C12H9N7O12/c20-14(21)9-6-7-10(15(22)23,13-8-4-2-1-3-5-8)12(18(28)29,19(30)31)11(9,16(24)25)17(26)27/h1-7,9,13H. The average Bonchev–Trinajstić information content (AvgIpc) is 2.66. The number of anilines is 1. The number of nitro groups is 6. The van der Waals surface area contributed by atoms with Gasteiger partial charge in [-0.25, -0.2) is 0 Å². The largest absolute Gasteiger partial charge is 0.695 e. The van der Waals surface area contributed by atoms with E-state index in [1.165, 1.54) is 18.2 Å². The first kappa shape index (κ1) is 22.4. The van der Waals surface area contributed by atoms with Crippen molar-refractivity contribution < 1.29 is 29.5 Å². The van der Waals surface area contributed by atoms with E-state index in [1.807, 2.05) is 0 Å².